The fraction of sp³-hybridized carbons (Fsp3) is 0.889. The Morgan fingerprint density at radius 1 is 1.50 bits per heavy atom. The van der Waals surface area contributed by atoms with Crippen molar-refractivity contribution in [3.8, 4) is 0 Å². The fourth-order valence-electron chi connectivity index (χ4n) is 1.58. The lowest BCUT2D eigenvalue weighted by atomic mass is 10.1. The van der Waals surface area contributed by atoms with Crippen molar-refractivity contribution >= 4 is 5.91 Å². The molecule has 0 bridgehead atoms. The van der Waals surface area contributed by atoms with Gasteiger partial charge in [-0.15, -0.1) is 0 Å². The average Bonchev–Trinajstić information content (AvgIpc) is 2.58. The number of rotatable bonds is 3. The van der Waals surface area contributed by atoms with Gasteiger partial charge in [0.1, 0.15) is 0 Å². The van der Waals surface area contributed by atoms with E-state index >= 15 is 0 Å². The Morgan fingerprint density at radius 3 is 2.50 bits per heavy atom. The molecule has 3 nitrogen and oxygen atoms in total. The Balaban J connectivity index is 2.43. The maximum atomic E-state index is 11.6. The van der Waals surface area contributed by atoms with Gasteiger partial charge in [-0.25, -0.2) is 0 Å². The minimum absolute atomic E-state index is 0.00810. The molecule has 1 aliphatic rings. The van der Waals surface area contributed by atoms with E-state index in [1.807, 2.05) is 11.8 Å². The third-order valence-corrected chi connectivity index (χ3v) is 2.48. The molecule has 3 heteroatoms. The number of amides is 1. The first kappa shape index (κ1) is 9.52. The molecule has 12 heavy (non-hydrogen) atoms. The monoisotopic (exact) mass is 171 g/mol. The predicted molar refractivity (Wildman–Crippen MR) is 46.7 cm³/mol. The maximum absolute atomic E-state index is 11.6. The van der Waals surface area contributed by atoms with Crippen LogP contribution < -0.4 is 0 Å². The van der Waals surface area contributed by atoms with Crippen LogP contribution in [0.4, 0.5) is 0 Å². The normalized spacial score (nSPS) is 19.7. The molecule has 1 amide bonds. The maximum Gasteiger partial charge on any atom is 0.227 e. The number of carbonyl (C=O) groups excluding carboxylic acids is 1. The smallest absolute Gasteiger partial charge is 0.227 e. The molecular formula is C9H17NO2. The first-order valence-corrected chi connectivity index (χ1v) is 4.69. The first-order chi connectivity index (χ1) is 5.79. The molecule has 0 saturated carbocycles. The fourth-order valence-corrected chi connectivity index (χ4v) is 1.58. The van der Waals surface area contributed by atoms with Gasteiger partial charge in [0.15, 0.2) is 0 Å². The van der Waals surface area contributed by atoms with Crippen LogP contribution >= 0.6 is 0 Å². The molecule has 0 spiro atoms. The van der Waals surface area contributed by atoms with Crippen molar-refractivity contribution in [3.63, 3.8) is 0 Å². The molecule has 1 saturated heterocycles. The van der Waals surface area contributed by atoms with Gasteiger partial charge < -0.3 is 10.0 Å². The lowest BCUT2D eigenvalue weighted by molar-refractivity contribution is -0.135. The van der Waals surface area contributed by atoms with Crippen LogP contribution in [-0.4, -0.2) is 35.6 Å². The van der Waals surface area contributed by atoms with Crippen molar-refractivity contribution in [2.24, 2.45) is 5.92 Å². The average molecular weight is 171 g/mol. The summed E-state index contributed by atoms with van der Waals surface area (Å²) in [5.41, 5.74) is 0. The van der Waals surface area contributed by atoms with Crippen LogP contribution in [0.1, 0.15) is 26.2 Å². The minimum atomic E-state index is -0.164. The summed E-state index contributed by atoms with van der Waals surface area (Å²) < 4.78 is 0. The minimum Gasteiger partial charge on any atom is -0.396 e. The number of aliphatic hydroxyl groups is 1. The molecule has 1 N–H and O–H groups in total. The van der Waals surface area contributed by atoms with Gasteiger partial charge in [-0.1, -0.05) is 6.92 Å². The van der Waals surface area contributed by atoms with E-state index in [0.717, 1.165) is 32.4 Å². The van der Waals surface area contributed by atoms with Crippen molar-refractivity contribution in [1.29, 1.82) is 0 Å². The van der Waals surface area contributed by atoms with Crippen molar-refractivity contribution in [3.05, 3.63) is 0 Å². The summed E-state index contributed by atoms with van der Waals surface area (Å²) >= 11 is 0. The second kappa shape index (κ2) is 4.45. The van der Waals surface area contributed by atoms with Gasteiger partial charge in [0.05, 0.1) is 12.5 Å². The lowest BCUT2D eigenvalue weighted by Crippen LogP contribution is -2.35. The van der Waals surface area contributed by atoms with Crippen LogP contribution in [0.3, 0.4) is 0 Å². The zero-order valence-electron chi connectivity index (χ0n) is 7.62. The van der Waals surface area contributed by atoms with Crippen LogP contribution in [0.2, 0.25) is 0 Å². The van der Waals surface area contributed by atoms with Crippen LogP contribution in [0.25, 0.3) is 0 Å². The van der Waals surface area contributed by atoms with E-state index in [0.29, 0.717) is 0 Å². The highest BCUT2D eigenvalue weighted by Crippen LogP contribution is 2.13. The molecule has 0 aliphatic carbocycles. The van der Waals surface area contributed by atoms with Crippen LogP contribution in [-0.2, 0) is 4.79 Å². The quantitative estimate of drug-likeness (QED) is 0.676. The summed E-state index contributed by atoms with van der Waals surface area (Å²) in [6.45, 7) is 3.70. The van der Waals surface area contributed by atoms with E-state index in [1.165, 1.54) is 0 Å². The Hall–Kier alpha value is -0.570. The van der Waals surface area contributed by atoms with Crippen molar-refractivity contribution < 1.29 is 9.90 Å². The summed E-state index contributed by atoms with van der Waals surface area (Å²) in [7, 11) is 0. The Kier molecular flexibility index (Phi) is 3.53. The number of hydrogen-bond acceptors (Lipinski definition) is 2. The molecule has 1 heterocycles. The van der Waals surface area contributed by atoms with Gasteiger partial charge in [0.2, 0.25) is 5.91 Å². The van der Waals surface area contributed by atoms with E-state index in [4.69, 9.17) is 5.11 Å². The van der Waals surface area contributed by atoms with E-state index in [2.05, 4.69) is 0 Å². The summed E-state index contributed by atoms with van der Waals surface area (Å²) in [6, 6.07) is 0. The van der Waals surface area contributed by atoms with Crippen LogP contribution in [0, 0.1) is 5.92 Å². The third-order valence-electron chi connectivity index (χ3n) is 2.48. The zero-order chi connectivity index (χ0) is 8.97. The molecule has 0 aromatic heterocycles. The number of likely N-dealkylation sites (tertiary alicyclic amines) is 1. The molecular weight excluding hydrogens is 154 g/mol. The summed E-state index contributed by atoms with van der Waals surface area (Å²) in [5.74, 6) is -0.0272. The van der Waals surface area contributed by atoms with E-state index < -0.39 is 0 Å². The second-order valence-corrected chi connectivity index (χ2v) is 3.32. The van der Waals surface area contributed by atoms with Gasteiger partial charge in [0, 0.05) is 13.1 Å². The van der Waals surface area contributed by atoms with Crippen molar-refractivity contribution in [1.82, 2.24) is 4.90 Å². The summed E-state index contributed by atoms with van der Waals surface area (Å²) in [5, 5.41) is 8.91. The summed E-state index contributed by atoms with van der Waals surface area (Å²) in [4.78, 5) is 13.4. The molecule has 0 aromatic carbocycles. The van der Waals surface area contributed by atoms with E-state index in [-0.39, 0.29) is 18.4 Å². The molecule has 70 valence electrons. The SMILES string of the molecule is CCC(CO)C(=O)N1CCCC1. The molecule has 1 rings (SSSR count). The van der Waals surface area contributed by atoms with Crippen LogP contribution in [0.5, 0.6) is 0 Å². The predicted octanol–water partition coefficient (Wildman–Crippen LogP) is 0.627. The van der Waals surface area contributed by atoms with Gasteiger partial charge >= 0.3 is 0 Å². The Bertz CT molecular complexity index is 145. The van der Waals surface area contributed by atoms with Crippen molar-refractivity contribution in [2.45, 2.75) is 26.2 Å². The molecule has 0 radical (unpaired) electrons. The lowest BCUT2D eigenvalue weighted by Gasteiger charge is -2.20. The largest absolute Gasteiger partial charge is 0.396 e. The summed E-state index contributed by atoms with van der Waals surface area (Å²) in [6.07, 6.45) is 2.98. The Labute approximate surface area is 73.4 Å². The topological polar surface area (TPSA) is 40.5 Å². The highest BCUT2D eigenvalue weighted by Gasteiger charge is 2.24. The van der Waals surface area contributed by atoms with E-state index in [1.54, 1.807) is 0 Å². The molecule has 1 fully saturated rings. The van der Waals surface area contributed by atoms with E-state index in [9.17, 15) is 4.79 Å². The van der Waals surface area contributed by atoms with Crippen molar-refractivity contribution in [2.75, 3.05) is 19.7 Å². The second-order valence-electron chi connectivity index (χ2n) is 3.32. The zero-order valence-corrected chi connectivity index (χ0v) is 7.62. The highest BCUT2D eigenvalue weighted by molar-refractivity contribution is 5.79. The molecule has 1 atom stereocenters. The van der Waals surface area contributed by atoms with Gasteiger partial charge in [-0.3, -0.25) is 4.79 Å². The van der Waals surface area contributed by atoms with Gasteiger partial charge in [-0.05, 0) is 19.3 Å². The standard InChI is InChI=1S/C9H17NO2/c1-2-8(7-11)9(12)10-5-3-4-6-10/h8,11H,2-7H2,1H3. The molecule has 0 aromatic rings. The first-order valence-electron chi connectivity index (χ1n) is 4.69. The molecule has 1 aliphatic heterocycles. The number of aliphatic hydroxyl groups excluding tert-OH is 1. The molecule has 1 unspecified atom stereocenters. The number of carbonyl (C=O) groups is 1. The number of nitrogens with zero attached hydrogens (tertiary/aromatic N) is 1. The third kappa shape index (κ3) is 1.97. The van der Waals surface area contributed by atoms with Gasteiger partial charge in [0.25, 0.3) is 0 Å². The van der Waals surface area contributed by atoms with Crippen LogP contribution in [0.15, 0.2) is 0 Å². The highest BCUT2D eigenvalue weighted by atomic mass is 16.3. The van der Waals surface area contributed by atoms with Gasteiger partial charge in [-0.2, -0.15) is 0 Å². The number of hydrogen-bond donors (Lipinski definition) is 1. The Morgan fingerprint density at radius 2 is 2.08 bits per heavy atom.